The predicted octanol–water partition coefficient (Wildman–Crippen LogP) is 1.52. The van der Waals surface area contributed by atoms with Crippen LogP contribution in [0.25, 0.3) is 0 Å². The van der Waals surface area contributed by atoms with Crippen molar-refractivity contribution < 1.29 is 4.74 Å². The summed E-state index contributed by atoms with van der Waals surface area (Å²) in [5, 5.41) is 0. The van der Waals surface area contributed by atoms with Crippen LogP contribution < -0.4 is 0 Å². The molecular formula is C9H10O. The Bertz CT molecular complexity index is 213. The van der Waals surface area contributed by atoms with E-state index in [1.165, 1.54) is 5.57 Å². The molecule has 0 aromatic carbocycles. The monoisotopic (exact) mass is 134 g/mol. The average molecular weight is 134 g/mol. The van der Waals surface area contributed by atoms with Gasteiger partial charge in [-0.1, -0.05) is 24.1 Å². The summed E-state index contributed by atoms with van der Waals surface area (Å²) >= 11 is 0. The molecule has 1 nitrogen and oxygen atoms in total. The molecule has 0 saturated carbocycles. The van der Waals surface area contributed by atoms with Crippen LogP contribution in [-0.2, 0) is 4.74 Å². The molecule has 0 aromatic rings. The molecule has 0 N–H and O–H groups in total. The quantitative estimate of drug-likeness (QED) is 0.420. The molecule has 0 aromatic heterocycles. The van der Waals surface area contributed by atoms with Crippen molar-refractivity contribution >= 4 is 0 Å². The molecule has 10 heavy (non-hydrogen) atoms. The van der Waals surface area contributed by atoms with E-state index in [1.807, 2.05) is 25.2 Å². The van der Waals surface area contributed by atoms with Crippen LogP contribution in [0.2, 0.25) is 0 Å². The molecule has 0 bridgehead atoms. The van der Waals surface area contributed by atoms with Gasteiger partial charge in [-0.3, -0.25) is 0 Å². The van der Waals surface area contributed by atoms with E-state index in [0.29, 0.717) is 13.2 Å². The Morgan fingerprint density at radius 1 is 1.60 bits per heavy atom. The van der Waals surface area contributed by atoms with E-state index in [-0.39, 0.29) is 0 Å². The van der Waals surface area contributed by atoms with E-state index in [9.17, 15) is 0 Å². The van der Waals surface area contributed by atoms with Crippen LogP contribution in [0.5, 0.6) is 0 Å². The molecule has 0 saturated heterocycles. The Morgan fingerprint density at radius 2 is 2.40 bits per heavy atom. The van der Waals surface area contributed by atoms with Gasteiger partial charge in [0.15, 0.2) is 0 Å². The van der Waals surface area contributed by atoms with Crippen LogP contribution >= 0.6 is 0 Å². The third-order valence-electron chi connectivity index (χ3n) is 1.24. The summed E-state index contributed by atoms with van der Waals surface area (Å²) in [5.41, 5.74) is 1.25. The van der Waals surface area contributed by atoms with E-state index in [2.05, 4.69) is 11.8 Å². The minimum absolute atomic E-state index is 0.543. The van der Waals surface area contributed by atoms with Gasteiger partial charge in [-0.25, -0.2) is 0 Å². The minimum Gasteiger partial charge on any atom is -0.364 e. The Labute approximate surface area is 61.4 Å². The van der Waals surface area contributed by atoms with E-state index < -0.39 is 0 Å². The first-order valence-corrected chi connectivity index (χ1v) is 3.28. The summed E-state index contributed by atoms with van der Waals surface area (Å²) in [7, 11) is 0. The van der Waals surface area contributed by atoms with E-state index in [0.717, 1.165) is 0 Å². The Kier molecular flexibility index (Phi) is 2.79. The zero-order valence-corrected chi connectivity index (χ0v) is 6.05. The average Bonchev–Trinajstić information content (AvgIpc) is 1.84. The summed E-state index contributed by atoms with van der Waals surface area (Å²) in [6, 6.07) is 0. The molecular weight excluding hydrogens is 124 g/mol. The molecule has 0 unspecified atom stereocenters. The maximum Gasteiger partial charge on any atom is 0.108 e. The maximum absolute atomic E-state index is 5.18. The lowest BCUT2D eigenvalue weighted by Gasteiger charge is -2.04. The number of hydrogen-bond donors (Lipinski definition) is 0. The fraction of sp³-hybridized carbons (Fsp3) is 0.333. The predicted molar refractivity (Wildman–Crippen MR) is 41.5 cm³/mol. The minimum atomic E-state index is 0.543. The first-order chi connectivity index (χ1) is 4.93. The van der Waals surface area contributed by atoms with Crippen LogP contribution in [0.1, 0.15) is 6.92 Å². The summed E-state index contributed by atoms with van der Waals surface area (Å²) < 4.78 is 5.18. The van der Waals surface area contributed by atoms with Gasteiger partial charge in [-0.05, 0) is 12.5 Å². The molecule has 1 aliphatic rings. The first-order valence-electron chi connectivity index (χ1n) is 3.28. The summed E-state index contributed by atoms with van der Waals surface area (Å²) in [5.74, 6) is 5.59. The third-order valence-corrected chi connectivity index (χ3v) is 1.24. The van der Waals surface area contributed by atoms with Crippen LogP contribution in [-0.4, -0.2) is 13.2 Å². The topological polar surface area (TPSA) is 9.23 Å². The lowest BCUT2D eigenvalue weighted by molar-refractivity contribution is 0.193. The molecule has 0 atom stereocenters. The summed E-state index contributed by atoms with van der Waals surface area (Å²) in [6.45, 7) is 3.05. The van der Waals surface area contributed by atoms with Crippen molar-refractivity contribution in [1.29, 1.82) is 0 Å². The fourth-order valence-electron chi connectivity index (χ4n) is 0.621. The van der Waals surface area contributed by atoms with Crippen LogP contribution in [0, 0.1) is 11.8 Å². The SMILES string of the molecule is CC#CCOCC1=CC=C1. The third kappa shape index (κ3) is 2.08. The Morgan fingerprint density at radius 3 is 2.90 bits per heavy atom. The van der Waals surface area contributed by atoms with Crippen LogP contribution in [0.3, 0.4) is 0 Å². The fourth-order valence-corrected chi connectivity index (χ4v) is 0.621. The van der Waals surface area contributed by atoms with Crippen molar-refractivity contribution in [3.8, 4) is 11.8 Å². The Hall–Kier alpha value is -1.00. The largest absolute Gasteiger partial charge is 0.364 e. The highest BCUT2D eigenvalue weighted by Gasteiger charge is 1.95. The van der Waals surface area contributed by atoms with Crippen LogP contribution in [0.4, 0.5) is 0 Å². The smallest absolute Gasteiger partial charge is 0.108 e. The molecule has 52 valence electrons. The Balaban J connectivity index is 1.99. The van der Waals surface area contributed by atoms with Gasteiger partial charge in [0.2, 0.25) is 0 Å². The molecule has 0 spiro atoms. The zero-order valence-electron chi connectivity index (χ0n) is 6.05. The standard InChI is InChI=1S/C9H10O/c1-2-3-7-10-8-9-5-4-6-9/h4-6H,7-8H2,1H3. The van der Waals surface area contributed by atoms with Gasteiger partial charge < -0.3 is 4.74 Å². The molecule has 1 rings (SSSR count). The number of rotatable bonds is 3. The maximum atomic E-state index is 5.18. The van der Waals surface area contributed by atoms with Crippen molar-refractivity contribution in [2.24, 2.45) is 0 Å². The van der Waals surface area contributed by atoms with Gasteiger partial charge in [-0.2, -0.15) is 0 Å². The summed E-state index contributed by atoms with van der Waals surface area (Å²) in [4.78, 5) is 0. The van der Waals surface area contributed by atoms with Gasteiger partial charge in [0, 0.05) is 0 Å². The molecule has 0 radical (unpaired) electrons. The van der Waals surface area contributed by atoms with Gasteiger partial charge in [-0.15, -0.1) is 5.92 Å². The van der Waals surface area contributed by atoms with E-state index >= 15 is 0 Å². The van der Waals surface area contributed by atoms with Gasteiger partial charge in [0.25, 0.3) is 0 Å². The number of allylic oxidation sites excluding steroid dienone is 2. The molecule has 0 fully saturated rings. The number of ether oxygens (including phenoxy) is 1. The highest BCUT2D eigenvalue weighted by Crippen LogP contribution is 2.06. The normalized spacial score (nSPS) is 13.1. The van der Waals surface area contributed by atoms with Crippen molar-refractivity contribution in [1.82, 2.24) is 0 Å². The number of hydrogen-bond acceptors (Lipinski definition) is 1. The molecule has 1 aliphatic carbocycles. The molecule has 0 amide bonds. The van der Waals surface area contributed by atoms with E-state index in [1.54, 1.807) is 0 Å². The van der Waals surface area contributed by atoms with Crippen molar-refractivity contribution in [2.45, 2.75) is 6.92 Å². The van der Waals surface area contributed by atoms with Crippen LogP contribution in [0.15, 0.2) is 23.8 Å². The molecule has 1 heteroatoms. The van der Waals surface area contributed by atoms with Crippen molar-refractivity contribution in [3.63, 3.8) is 0 Å². The highest BCUT2D eigenvalue weighted by atomic mass is 16.5. The second kappa shape index (κ2) is 3.92. The van der Waals surface area contributed by atoms with Gasteiger partial charge in [0.05, 0.1) is 6.61 Å². The lowest BCUT2D eigenvalue weighted by atomic mass is 10.1. The lowest BCUT2D eigenvalue weighted by Crippen LogP contribution is -1.99. The molecule has 0 heterocycles. The van der Waals surface area contributed by atoms with Crippen molar-refractivity contribution in [2.75, 3.05) is 13.2 Å². The van der Waals surface area contributed by atoms with Gasteiger partial charge >= 0.3 is 0 Å². The molecule has 0 aliphatic heterocycles. The second-order valence-electron chi connectivity index (χ2n) is 2.02. The summed E-state index contributed by atoms with van der Waals surface area (Å²) in [6.07, 6.45) is 6.09. The van der Waals surface area contributed by atoms with Crippen molar-refractivity contribution in [3.05, 3.63) is 23.8 Å². The van der Waals surface area contributed by atoms with Gasteiger partial charge in [0.1, 0.15) is 6.61 Å². The second-order valence-corrected chi connectivity index (χ2v) is 2.02. The first kappa shape index (κ1) is 7.11. The van der Waals surface area contributed by atoms with E-state index in [4.69, 9.17) is 4.74 Å². The zero-order chi connectivity index (χ0) is 7.23. The highest BCUT2D eigenvalue weighted by molar-refractivity contribution is 5.35.